The Bertz CT molecular complexity index is 1340. The Morgan fingerprint density at radius 3 is 2.70 bits per heavy atom. The average molecular weight is 553 g/mol. The van der Waals surface area contributed by atoms with E-state index in [-0.39, 0.29) is 12.4 Å². The fraction of sp³-hybridized carbons (Fsp3) is 0.435. The number of hydrogen-bond donors (Lipinski definition) is 2. The maximum absolute atomic E-state index is 13.6. The average Bonchev–Trinajstić information content (AvgIpc) is 3.50. The largest absolute Gasteiger partial charge is 0.480 e. The highest BCUT2D eigenvalue weighted by molar-refractivity contribution is 7.52. The molecule has 0 aliphatic carbocycles. The molecule has 2 fully saturated rings. The zero-order valence-corrected chi connectivity index (χ0v) is 21.8. The SMILES string of the molecule is CC(N[P@](=O)(OC[C@H]1O[C@@H](n2ccc3c(Cl)ncnc32)[C@@H]2OC(C)(C)O[C@@H]21)Oc1ccccc1)C(=O)O. The number of carboxylic acid groups (broad SMARTS) is 1. The van der Waals surface area contributed by atoms with Gasteiger partial charge in [0.15, 0.2) is 12.0 Å². The number of hydrogen-bond acceptors (Lipinski definition) is 9. The molecule has 2 N–H and O–H groups in total. The number of fused-ring (bicyclic) bond motifs is 2. The standard InChI is InChI=1S/C23H26ClN4O8P/c1-13(22(29)30)27-37(31,36-14-7-5-4-6-8-14)32-11-16-17-18(35-23(2,3)34-17)21(33-16)28-10-9-15-19(24)25-12-26-20(15)28/h4-10,12-13,16-18,21H,11H2,1-3H3,(H,27,31)(H,29,30)/t13?,16-,17-,18-,21-,37+/m1/s1. The normalized spacial score (nSPS) is 27.0. The first kappa shape index (κ1) is 26.1. The van der Waals surface area contributed by atoms with E-state index in [9.17, 15) is 14.5 Å². The number of carbonyl (C=O) groups is 1. The van der Waals surface area contributed by atoms with Crippen molar-refractivity contribution >= 4 is 36.4 Å². The summed E-state index contributed by atoms with van der Waals surface area (Å²) >= 11 is 6.22. The van der Waals surface area contributed by atoms with E-state index in [1.165, 1.54) is 13.3 Å². The first-order valence-corrected chi connectivity index (χ1v) is 13.5. The summed E-state index contributed by atoms with van der Waals surface area (Å²) < 4.78 is 45.2. The first-order valence-electron chi connectivity index (χ1n) is 11.5. The van der Waals surface area contributed by atoms with Gasteiger partial charge in [0.05, 0.1) is 12.0 Å². The Labute approximate surface area is 217 Å². The monoisotopic (exact) mass is 552 g/mol. The summed E-state index contributed by atoms with van der Waals surface area (Å²) in [5.41, 5.74) is 0.550. The molecule has 1 aromatic carbocycles. The molecule has 0 bridgehead atoms. The van der Waals surface area contributed by atoms with Gasteiger partial charge in [-0.1, -0.05) is 29.8 Å². The summed E-state index contributed by atoms with van der Waals surface area (Å²) in [6.07, 6.45) is 0.594. The van der Waals surface area contributed by atoms with Crippen molar-refractivity contribution < 1.29 is 37.7 Å². The number of rotatable bonds is 9. The van der Waals surface area contributed by atoms with E-state index in [1.54, 1.807) is 61.0 Å². The lowest BCUT2D eigenvalue weighted by Crippen LogP contribution is -2.36. The van der Waals surface area contributed by atoms with E-state index in [4.69, 9.17) is 34.9 Å². The van der Waals surface area contributed by atoms with Crippen molar-refractivity contribution in [2.24, 2.45) is 0 Å². The lowest BCUT2D eigenvalue weighted by Gasteiger charge is -2.26. The molecule has 0 spiro atoms. The zero-order chi connectivity index (χ0) is 26.4. The van der Waals surface area contributed by atoms with Crippen LogP contribution in [0.3, 0.4) is 0 Å². The van der Waals surface area contributed by atoms with Crippen LogP contribution in [0.5, 0.6) is 5.75 Å². The molecule has 1 unspecified atom stereocenters. The number of benzene rings is 1. The Morgan fingerprint density at radius 1 is 1.24 bits per heavy atom. The second-order valence-electron chi connectivity index (χ2n) is 9.14. The molecule has 2 aliphatic heterocycles. The van der Waals surface area contributed by atoms with Crippen LogP contribution in [-0.2, 0) is 28.1 Å². The molecule has 12 nitrogen and oxygen atoms in total. The van der Waals surface area contributed by atoms with E-state index in [2.05, 4.69) is 15.1 Å². The molecule has 14 heteroatoms. The highest BCUT2D eigenvalue weighted by Crippen LogP contribution is 2.48. The van der Waals surface area contributed by atoms with Crippen LogP contribution in [-0.4, -0.2) is 62.4 Å². The number of halogens is 1. The second kappa shape index (κ2) is 9.95. The van der Waals surface area contributed by atoms with Crippen molar-refractivity contribution in [1.29, 1.82) is 0 Å². The van der Waals surface area contributed by atoms with Crippen LogP contribution < -0.4 is 9.61 Å². The van der Waals surface area contributed by atoms with Crippen molar-refractivity contribution in [1.82, 2.24) is 19.6 Å². The maximum atomic E-state index is 13.6. The minimum atomic E-state index is -4.15. The van der Waals surface area contributed by atoms with Gasteiger partial charge >= 0.3 is 13.7 Å². The summed E-state index contributed by atoms with van der Waals surface area (Å²) in [5.74, 6) is -1.88. The van der Waals surface area contributed by atoms with E-state index >= 15 is 0 Å². The van der Waals surface area contributed by atoms with Gasteiger partial charge in [0.2, 0.25) is 0 Å². The molecule has 37 heavy (non-hydrogen) atoms. The smallest absolute Gasteiger partial charge is 0.459 e. The molecule has 4 heterocycles. The number of nitrogens with zero attached hydrogens (tertiary/aromatic N) is 3. The van der Waals surface area contributed by atoms with Crippen molar-refractivity contribution in [2.45, 2.75) is 57.1 Å². The van der Waals surface area contributed by atoms with Gasteiger partial charge in [0.1, 0.15) is 47.2 Å². The number of carboxylic acids is 1. The van der Waals surface area contributed by atoms with E-state index in [1.807, 2.05) is 0 Å². The van der Waals surface area contributed by atoms with Crippen molar-refractivity contribution in [3.05, 3.63) is 54.1 Å². The van der Waals surface area contributed by atoms with Gasteiger partial charge < -0.3 is 28.4 Å². The fourth-order valence-corrected chi connectivity index (χ4v) is 6.04. The van der Waals surface area contributed by atoms with Crippen LogP contribution in [0.25, 0.3) is 11.0 Å². The Kier molecular flexibility index (Phi) is 7.01. The number of ether oxygens (including phenoxy) is 3. The summed E-state index contributed by atoms with van der Waals surface area (Å²) in [6, 6.07) is 8.89. The van der Waals surface area contributed by atoms with Crippen LogP contribution in [0.2, 0.25) is 5.15 Å². The van der Waals surface area contributed by atoms with Gasteiger partial charge in [0, 0.05) is 6.20 Å². The third kappa shape index (κ3) is 5.37. The van der Waals surface area contributed by atoms with Crippen LogP contribution in [0, 0.1) is 0 Å². The maximum Gasteiger partial charge on any atom is 0.459 e. The number of nitrogens with one attached hydrogen (secondary N) is 1. The third-order valence-electron chi connectivity index (χ3n) is 5.96. The van der Waals surface area contributed by atoms with Crippen molar-refractivity contribution in [2.75, 3.05) is 6.61 Å². The summed E-state index contributed by atoms with van der Waals surface area (Å²) in [4.78, 5) is 19.8. The predicted molar refractivity (Wildman–Crippen MR) is 131 cm³/mol. The van der Waals surface area contributed by atoms with Gasteiger partial charge in [0.25, 0.3) is 0 Å². The minimum absolute atomic E-state index is 0.241. The molecule has 2 aromatic heterocycles. The molecule has 5 rings (SSSR count). The third-order valence-corrected chi connectivity index (χ3v) is 7.90. The second-order valence-corrected chi connectivity index (χ2v) is 11.2. The number of para-hydroxylation sites is 1. The van der Waals surface area contributed by atoms with E-state index in [0.717, 1.165) is 0 Å². The van der Waals surface area contributed by atoms with Crippen LogP contribution in [0.4, 0.5) is 0 Å². The molecule has 0 saturated carbocycles. The minimum Gasteiger partial charge on any atom is -0.480 e. The summed E-state index contributed by atoms with van der Waals surface area (Å²) in [5, 5.41) is 12.8. The zero-order valence-electron chi connectivity index (χ0n) is 20.2. The molecule has 3 aromatic rings. The van der Waals surface area contributed by atoms with Crippen LogP contribution in [0.15, 0.2) is 48.9 Å². The molecular weight excluding hydrogens is 527 g/mol. The highest BCUT2D eigenvalue weighted by atomic mass is 35.5. The summed E-state index contributed by atoms with van der Waals surface area (Å²) in [6.45, 7) is 4.67. The Hall–Kier alpha value is -2.57. The van der Waals surface area contributed by atoms with Crippen LogP contribution in [0.1, 0.15) is 27.0 Å². The van der Waals surface area contributed by atoms with Crippen molar-refractivity contribution in [3.8, 4) is 5.75 Å². The van der Waals surface area contributed by atoms with Gasteiger partial charge in [-0.2, -0.15) is 5.09 Å². The number of aromatic nitrogens is 3. The number of aliphatic carboxylic acids is 1. The molecule has 0 radical (unpaired) electrons. The van der Waals surface area contributed by atoms with E-state index in [0.29, 0.717) is 16.2 Å². The molecule has 2 saturated heterocycles. The highest BCUT2D eigenvalue weighted by Gasteiger charge is 2.56. The molecular formula is C23H26ClN4O8P. The van der Waals surface area contributed by atoms with Gasteiger partial charge in [-0.25, -0.2) is 14.5 Å². The topological polar surface area (TPSA) is 143 Å². The van der Waals surface area contributed by atoms with Gasteiger partial charge in [-0.05, 0) is 39.0 Å². The summed E-state index contributed by atoms with van der Waals surface area (Å²) in [7, 11) is -4.15. The first-order chi connectivity index (χ1) is 17.6. The van der Waals surface area contributed by atoms with Crippen LogP contribution >= 0.6 is 19.3 Å². The lowest BCUT2D eigenvalue weighted by atomic mass is 10.1. The van der Waals surface area contributed by atoms with Gasteiger partial charge in [-0.3, -0.25) is 9.32 Å². The molecule has 6 atom stereocenters. The van der Waals surface area contributed by atoms with Crippen molar-refractivity contribution in [3.63, 3.8) is 0 Å². The Morgan fingerprint density at radius 2 is 1.97 bits per heavy atom. The molecule has 198 valence electrons. The lowest BCUT2D eigenvalue weighted by molar-refractivity contribution is -0.199. The van der Waals surface area contributed by atoms with Gasteiger partial charge in [-0.15, -0.1) is 0 Å². The van der Waals surface area contributed by atoms with E-state index < -0.39 is 50.1 Å². The quantitative estimate of drug-likeness (QED) is 0.296. The molecule has 2 aliphatic rings. The predicted octanol–water partition coefficient (Wildman–Crippen LogP) is 3.77. The molecule has 0 amide bonds. The fourth-order valence-electron chi connectivity index (χ4n) is 4.34. The Balaban J connectivity index is 1.39.